The summed E-state index contributed by atoms with van der Waals surface area (Å²) in [6.45, 7) is 5.09. The highest BCUT2D eigenvalue weighted by molar-refractivity contribution is 7.16. The lowest BCUT2D eigenvalue weighted by Crippen LogP contribution is -2.17. The lowest BCUT2D eigenvalue weighted by molar-refractivity contribution is 0.598. The summed E-state index contributed by atoms with van der Waals surface area (Å²) in [6.07, 6.45) is 0. The van der Waals surface area contributed by atoms with Crippen LogP contribution in [0.4, 0.5) is 0 Å². The molecule has 0 saturated heterocycles. The number of nitrogens with zero attached hydrogens (tertiary/aromatic N) is 1. The molecule has 0 saturated carbocycles. The molecule has 0 fully saturated rings. The van der Waals surface area contributed by atoms with E-state index in [0.29, 0.717) is 0 Å². The summed E-state index contributed by atoms with van der Waals surface area (Å²) in [5.41, 5.74) is 2.16. The van der Waals surface area contributed by atoms with Crippen LogP contribution >= 0.6 is 22.9 Å². The third-order valence-corrected chi connectivity index (χ3v) is 4.34. The SMILES string of the molecule is CCNC(C)c1ccc(-c2ccc(C#N)s2)cc1Cl. The van der Waals surface area contributed by atoms with Gasteiger partial charge in [-0.15, -0.1) is 11.3 Å². The van der Waals surface area contributed by atoms with E-state index in [9.17, 15) is 0 Å². The van der Waals surface area contributed by atoms with E-state index >= 15 is 0 Å². The second kappa shape index (κ2) is 6.21. The van der Waals surface area contributed by atoms with Crippen LogP contribution in [0.1, 0.15) is 30.3 Å². The maximum absolute atomic E-state index is 8.85. The standard InChI is InChI=1S/C15H15ClN2S/c1-3-18-10(2)13-6-4-11(8-14(13)16)15-7-5-12(9-17)19-15/h4-8,10,18H,3H2,1-2H3. The average Bonchev–Trinajstić information content (AvgIpc) is 2.87. The van der Waals surface area contributed by atoms with Gasteiger partial charge in [-0.2, -0.15) is 5.26 Å². The van der Waals surface area contributed by atoms with Crippen molar-refractivity contribution in [3.63, 3.8) is 0 Å². The average molecular weight is 291 g/mol. The van der Waals surface area contributed by atoms with Gasteiger partial charge in [0, 0.05) is 15.9 Å². The molecule has 0 aliphatic rings. The van der Waals surface area contributed by atoms with Crippen molar-refractivity contribution in [1.29, 1.82) is 5.26 Å². The molecule has 1 aromatic carbocycles. The summed E-state index contributed by atoms with van der Waals surface area (Å²) in [5, 5.41) is 13.0. The van der Waals surface area contributed by atoms with Crippen molar-refractivity contribution in [2.45, 2.75) is 19.9 Å². The number of hydrogen-bond donors (Lipinski definition) is 1. The van der Waals surface area contributed by atoms with Crippen LogP contribution in [0.2, 0.25) is 5.02 Å². The Morgan fingerprint density at radius 2 is 2.16 bits per heavy atom. The molecule has 19 heavy (non-hydrogen) atoms. The van der Waals surface area contributed by atoms with E-state index in [1.807, 2.05) is 18.2 Å². The minimum Gasteiger partial charge on any atom is -0.310 e. The van der Waals surface area contributed by atoms with Gasteiger partial charge in [-0.05, 0) is 42.8 Å². The predicted molar refractivity (Wildman–Crippen MR) is 81.6 cm³/mol. The molecule has 1 heterocycles. The second-order valence-corrected chi connectivity index (χ2v) is 5.78. The first-order valence-electron chi connectivity index (χ1n) is 6.18. The van der Waals surface area contributed by atoms with Crippen molar-refractivity contribution >= 4 is 22.9 Å². The molecule has 1 unspecified atom stereocenters. The zero-order chi connectivity index (χ0) is 13.8. The lowest BCUT2D eigenvalue weighted by atomic mass is 10.1. The molecule has 2 rings (SSSR count). The number of benzene rings is 1. The fourth-order valence-electron chi connectivity index (χ4n) is 2.00. The number of thiophene rings is 1. The van der Waals surface area contributed by atoms with Crippen molar-refractivity contribution in [1.82, 2.24) is 5.32 Å². The molecular weight excluding hydrogens is 276 g/mol. The van der Waals surface area contributed by atoms with Crippen molar-refractivity contribution in [3.8, 4) is 16.5 Å². The van der Waals surface area contributed by atoms with Crippen LogP contribution in [0.15, 0.2) is 30.3 Å². The molecule has 4 heteroatoms. The fourth-order valence-corrected chi connectivity index (χ4v) is 3.14. The maximum atomic E-state index is 8.85. The quantitative estimate of drug-likeness (QED) is 0.892. The van der Waals surface area contributed by atoms with E-state index in [0.717, 1.165) is 32.4 Å². The normalized spacial score (nSPS) is 12.1. The smallest absolute Gasteiger partial charge is 0.110 e. The van der Waals surface area contributed by atoms with Gasteiger partial charge in [-0.3, -0.25) is 0 Å². The monoisotopic (exact) mass is 290 g/mol. The summed E-state index contributed by atoms with van der Waals surface area (Å²) in [6, 6.07) is 12.3. The van der Waals surface area contributed by atoms with Crippen LogP contribution < -0.4 is 5.32 Å². The van der Waals surface area contributed by atoms with Crippen LogP contribution in [0, 0.1) is 11.3 Å². The Balaban J connectivity index is 2.31. The fraction of sp³-hybridized carbons (Fsp3) is 0.267. The highest BCUT2D eigenvalue weighted by Gasteiger charge is 2.10. The first kappa shape index (κ1) is 14.1. The lowest BCUT2D eigenvalue weighted by Gasteiger charge is -2.15. The summed E-state index contributed by atoms with van der Waals surface area (Å²) < 4.78 is 0. The highest BCUT2D eigenvalue weighted by Crippen LogP contribution is 2.32. The van der Waals surface area contributed by atoms with Gasteiger partial charge in [0.1, 0.15) is 10.9 Å². The first-order chi connectivity index (χ1) is 9.15. The van der Waals surface area contributed by atoms with E-state index < -0.39 is 0 Å². The third kappa shape index (κ3) is 3.16. The molecule has 98 valence electrons. The van der Waals surface area contributed by atoms with Gasteiger partial charge in [0.15, 0.2) is 0 Å². The van der Waals surface area contributed by atoms with Crippen LogP contribution in [0.5, 0.6) is 0 Å². The van der Waals surface area contributed by atoms with Gasteiger partial charge in [0.2, 0.25) is 0 Å². The number of nitriles is 1. The van der Waals surface area contributed by atoms with Crippen molar-refractivity contribution < 1.29 is 0 Å². The van der Waals surface area contributed by atoms with E-state index in [1.54, 1.807) is 0 Å². The molecular formula is C15H15ClN2S. The summed E-state index contributed by atoms with van der Waals surface area (Å²) in [4.78, 5) is 1.79. The predicted octanol–water partition coefficient (Wildman–Crippen LogP) is 4.61. The molecule has 1 N–H and O–H groups in total. The van der Waals surface area contributed by atoms with Crippen LogP contribution in [0.25, 0.3) is 10.4 Å². The number of halogens is 1. The molecule has 2 aromatic rings. The molecule has 1 aromatic heterocycles. The molecule has 0 radical (unpaired) electrons. The van der Waals surface area contributed by atoms with Gasteiger partial charge in [0.25, 0.3) is 0 Å². The highest BCUT2D eigenvalue weighted by atomic mass is 35.5. The Bertz CT molecular complexity index is 613. The zero-order valence-corrected chi connectivity index (χ0v) is 12.5. The molecule has 0 aliphatic heterocycles. The molecule has 0 spiro atoms. The zero-order valence-electron chi connectivity index (χ0n) is 10.9. The van der Waals surface area contributed by atoms with Crippen molar-refractivity contribution in [2.75, 3.05) is 6.54 Å². The van der Waals surface area contributed by atoms with E-state index in [2.05, 4.69) is 37.4 Å². The summed E-state index contributed by atoms with van der Waals surface area (Å²) in [7, 11) is 0. The minimum absolute atomic E-state index is 0.240. The molecule has 0 aliphatic carbocycles. The van der Waals surface area contributed by atoms with Gasteiger partial charge in [-0.25, -0.2) is 0 Å². The largest absolute Gasteiger partial charge is 0.310 e. The third-order valence-electron chi connectivity index (χ3n) is 2.98. The Hall–Kier alpha value is -1.34. The minimum atomic E-state index is 0.240. The summed E-state index contributed by atoms with van der Waals surface area (Å²) in [5.74, 6) is 0. The number of rotatable bonds is 4. The number of nitrogens with one attached hydrogen (secondary N) is 1. The second-order valence-electron chi connectivity index (χ2n) is 4.29. The van der Waals surface area contributed by atoms with Crippen LogP contribution in [-0.4, -0.2) is 6.54 Å². The van der Waals surface area contributed by atoms with Crippen LogP contribution in [0.3, 0.4) is 0 Å². The Kier molecular flexibility index (Phi) is 4.60. The van der Waals surface area contributed by atoms with Gasteiger partial charge >= 0.3 is 0 Å². The molecule has 2 nitrogen and oxygen atoms in total. The molecule has 0 amide bonds. The van der Waals surface area contributed by atoms with E-state index in [4.69, 9.17) is 16.9 Å². The van der Waals surface area contributed by atoms with E-state index in [1.165, 1.54) is 11.3 Å². The van der Waals surface area contributed by atoms with Crippen molar-refractivity contribution in [3.05, 3.63) is 45.8 Å². The van der Waals surface area contributed by atoms with Gasteiger partial charge < -0.3 is 5.32 Å². The van der Waals surface area contributed by atoms with Crippen LogP contribution in [-0.2, 0) is 0 Å². The summed E-state index contributed by atoms with van der Waals surface area (Å²) >= 11 is 7.83. The Labute approximate surface area is 122 Å². The first-order valence-corrected chi connectivity index (χ1v) is 7.38. The molecule has 0 bridgehead atoms. The number of hydrogen-bond acceptors (Lipinski definition) is 3. The van der Waals surface area contributed by atoms with Crippen molar-refractivity contribution in [2.24, 2.45) is 0 Å². The Morgan fingerprint density at radius 1 is 1.37 bits per heavy atom. The van der Waals surface area contributed by atoms with E-state index in [-0.39, 0.29) is 6.04 Å². The van der Waals surface area contributed by atoms with Gasteiger partial charge in [-0.1, -0.05) is 30.7 Å². The van der Waals surface area contributed by atoms with Gasteiger partial charge in [0.05, 0.1) is 0 Å². The topological polar surface area (TPSA) is 35.8 Å². The maximum Gasteiger partial charge on any atom is 0.110 e. The Morgan fingerprint density at radius 3 is 2.74 bits per heavy atom. The molecule has 1 atom stereocenters.